The minimum atomic E-state index is -3.82. The Morgan fingerprint density at radius 2 is 1.94 bits per heavy atom. The first-order chi connectivity index (χ1) is 17.1. The van der Waals surface area contributed by atoms with Crippen molar-refractivity contribution in [3.63, 3.8) is 0 Å². The van der Waals surface area contributed by atoms with Gasteiger partial charge in [-0.05, 0) is 69.5 Å². The van der Waals surface area contributed by atoms with Gasteiger partial charge in [0.15, 0.2) is 11.6 Å². The van der Waals surface area contributed by atoms with E-state index in [0.717, 1.165) is 18.4 Å². The van der Waals surface area contributed by atoms with Crippen molar-refractivity contribution in [2.24, 2.45) is 5.73 Å². The Kier molecular flexibility index (Phi) is 7.20. The lowest BCUT2D eigenvalue weighted by Crippen LogP contribution is -2.22. The fourth-order valence-corrected chi connectivity index (χ4v) is 4.59. The number of carbonyl (C=O) groups excluding carboxylic acids is 1. The lowest BCUT2D eigenvalue weighted by molar-refractivity contribution is 0.100. The van der Waals surface area contributed by atoms with Crippen molar-refractivity contribution >= 4 is 38.9 Å². The Morgan fingerprint density at radius 3 is 2.56 bits per heavy atom. The summed E-state index contributed by atoms with van der Waals surface area (Å²) in [7, 11) is -2.49. The van der Waals surface area contributed by atoms with E-state index in [4.69, 9.17) is 10.6 Å². The van der Waals surface area contributed by atoms with Gasteiger partial charge in [-0.3, -0.25) is 9.63 Å². The van der Waals surface area contributed by atoms with Gasteiger partial charge in [-0.25, -0.2) is 27.5 Å². The molecule has 4 N–H and O–H groups in total. The van der Waals surface area contributed by atoms with E-state index in [2.05, 4.69) is 20.0 Å². The monoisotopic (exact) mass is 514 g/mol. The van der Waals surface area contributed by atoms with Gasteiger partial charge in [-0.2, -0.15) is 5.06 Å². The zero-order chi connectivity index (χ0) is 26.0. The van der Waals surface area contributed by atoms with Crippen LogP contribution in [0.25, 0.3) is 0 Å². The minimum Gasteiger partial charge on any atom is -0.365 e. The standard InChI is InChI=1S/C24H27FN6O4S/c1-4-35-31(22-10-8-18(25)14(2)29-22)23-12-20(17(13-28-23)24(26)32)30-19-9-7-16(15-5-6-15)11-21(19)36(33,34)27-3/h7-13,15,27H,4-6H2,1-3H3,(H2,26,32)(H,28,30). The molecule has 0 radical (unpaired) electrons. The number of aryl methyl sites for hydroxylation is 1. The number of hydrogen-bond donors (Lipinski definition) is 3. The number of halogens is 1. The largest absolute Gasteiger partial charge is 0.365 e. The summed E-state index contributed by atoms with van der Waals surface area (Å²) in [5.74, 6) is -0.404. The van der Waals surface area contributed by atoms with Gasteiger partial charge >= 0.3 is 0 Å². The first-order valence-corrected chi connectivity index (χ1v) is 12.8. The van der Waals surface area contributed by atoms with Crippen LogP contribution >= 0.6 is 0 Å². The summed E-state index contributed by atoms with van der Waals surface area (Å²) in [6.45, 7) is 3.53. The number of rotatable bonds is 10. The molecule has 190 valence electrons. The molecule has 0 bridgehead atoms. The summed E-state index contributed by atoms with van der Waals surface area (Å²) in [5.41, 5.74) is 7.18. The third-order valence-corrected chi connectivity index (χ3v) is 7.17. The smallest absolute Gasteiger partial charge is 0.252 e. The summed E-state index contributed by atoms with van der Waals surface area (Å²) >= 11 is 0. The van der Waals surface area contributed by atoms with Crippen molar-refractivity contribution in [2.75, 3.05) is 24.0 Å². The quantitative estimate of drug-likeness (QED) is 0.349. The average molecular weight is 515 g/mol. The van der Waals surface area contributed by atoms with Crippen molar-refractivity contribution in [1.82, 2.24) is 14.7 Å². The first kappa shape index (κ1) is 25.5. The maximum absolute atomic E-state index is 13.8. The number of carbonyl (C=O) groups is 1. The number of primary amides is 1. The van der Waals surface area contributed by atoms with Crippen molar-refractivity contribution in [1.29, 1.82) is 0 Å². The highest BCUT2D eigenvalue weighted by Crippen LogP contribution is 2.42. The normalized spacial score (nSPS) is 13.4. The van der Waals surface area contributed by atoms with Crippen molar-refractivity contribution in [3.05, 3.63) is 65.2 Å². The van der Waals surface area contributed by atoms with Crippen LogP contribution in [-0.4, -0.2) is 37.9 Å². The molecule has 2 aromatic heterocycles. The zero-order valence-electron chi connectivity index (χ0n) is 20.1. The number of nitrogens with zero attached hydrogens (tertiary/aromatic N) is 3. The highest BCUT2D eigenvalue weighted by Gasteiger charge is 2.27. The van der Waals surface area contributed by atoms with Gasteiger partial charge in [-0.15, -0.1) is 0 Å². The molecule has 1 aliphatic carbocycles. The maximum Gasteiger partial charge on any atom is 0.252 e. The predicted octanol–water partition coefficient (Wildman–Crippen LogP) is 3.64. The number of benzene rings is 1. The van der Waals surface area contributed by atoms with Crippen molar-refractivity contribution in [3.8, 4) is 0 Å². The van der Waals surface area contributed by atoms with Crippen LogP contribution in [0, 0.1) is 12.7 Å². The molecule has 1 fully saturated rings. The van der Waals surface area contributed by atoms with E-state index in [1.165, 1.54) is 43.4 Å². The zero-order valence-corrected chi connectivity index (χ0v) is 20.9. The third kappa shape index (κ3) is 5.30. The van der Waals surface area contributed by atoms with Crippen LogP contribution in [0.5, 0.6) is 0 Å². The Morgan fingerprint density at radius 1 is 1.19 bits per heavy atom. The van der Waals surface area contributed by atoms with E-state index < -0.39 is 21.7 Å². The molecule has 10 nitrogen and oxygen atoms in total. The van der Waals surface area contributed by atoms with Gasteiger partial charge < -0.3 is 11.1 Å². The van der Waals surface area contributed by atoms with E-state index in [-0.39, 0.29) is 45.8 Å². The predicted molar refractivity (Wildman–Crippen MR) is 133 cm³/mol. The van der Waals surface area contributed by atoms with Crippen LogP contribution in [0.1, 0.15) is 47.3 Å². The number of sulfonamides is 1. The van der Waals surface area contributed by atoms with Gasteiger partial charge in [0.05, 0.1) is 29.2 Å². The lowest BCUT2D eigenvalue weighted by Gasteiger charge is -2.23. The van der Waals surface area contributed by atoms with E-state index in [1.807, 2.05) is 6.07 Å². The molecule has 1 amide bonds. The molecule has 2 heterocycles. The summed E-state index contributed by atoms with van der Waals surface area (Å²) in [4.78, 5) is 26.4. The van der Waals surface area contributed by atoms with Crippen molar-refractivity contribution < 1.29 is 22.4 Å². The fraction of sp³-hybridized carbons (Fsp3) is 0.292. The third-order valence-electron chi connectivity index (χ3n) is 5.72. The van der Waals surface area contributed by atoms with E-state index in [1.54, 1.807) is 19.1 Å². The molecule has 1 aromatic carbocycles. The number of nitrogens with one attached hydrogen (secondary N) is 2. The summed E-state index contributed by atoms with van der Waals surface area (Å²) < 4.78 is 41.8. The number of nitrogens with two attached hydrogens (primary N) is 1. The Balaban J connectivity index is 1.80. The number of anilines is 4. The van der Waals surface area contributed by atoms with Gasteiger partial charge in [0.1, 0.15) is 10.7 Å². The molecule has 0 spiro atoms. The van der Waals surface area contributed by atoms with Crippen LogP contribution in [-0.2, 0) is 14.9 Å². The highest BCUT2D eigenvalue weighted by molar-refractivity contribution is 7.89. The molecule has 12 heteroatoms. The summed E-state index contributed by atoms with van der Waals surface area (Å²) in [6.07, 6.45) is 3.28. The Bertz CT molecular complexity index is 1410. The number of pyridine rings is 2. The second-order valence-corrected chi connectivity index (χ2v) is 10.1. The highest BCUT2D eigenvalue weighted by atomic mass is 32.2. The summed E-state index contributed by atoms with van der Waals surface area (Å²) in [6, 6.07) is 9.34. The molecule has 0 saturated heterocycles. The number of hydrogen-bond acceptors (Lipinski definition) is 8. The van der Waals surface area contributed by atoms with Crippen LogP contribution in [0.4, 0.5) is 27.4 Å². The number of aromatic nitrogens is 2. The molecular formula is C24H27FN6O4S. The second kappa shape index (κ2) is 10.2. The van der Waals surface area contributed by atoms with E-state index in [0.29, 0.717) is 5.92 Å². The minimum absolute atomic E-state index is 0.0394. The molecule has 36 heavy (non-hydrogen) atoms. The fourth-order valence-electron chi connectivity index (χ4n) is 3.67. The van der Waals surface area contributed by atoms with Gasteiger partial charge in [-0.1, -0.05) is 6.07 Å². The van der Waals surface area contributed by atoms with Crippen LogP contribution in [0.2, 0.25) is 0 Å². The Hall–Kier alpha value is -3.61. The lowest BCUT2D eigenvalue weighted by atomic mass is 10.1. The molecule has 4 rings (SSSR count). The first-order valence-electron chi connectivity index (χ1n) is 11.3. The van der Waals surface area contributed by atoms with Gasteiger partial charge in [0.2, 0.25) is 10.0 Å². The van der Waals surface area contributed by atoms with Crippen LogP contribution < -0.4 is 20.8 Å². The molecular weight excluding hydrogens is 487 g/mol. The molecule has 1 saturated carbocycles. The molecule has 3 aromatic rings. The van der Waals surface area contributed by atoms with Crippen LogP contribution in [0.15, 0.2) is 47.5 Å². The number of amides is 1. The molecule has 0 atom stereocenters. The maximum atomic E-state index is 13.8. The van der Waals surface area contributed by atoms with E-state index >= 15 is 0 Å². The van der Waals surface area contributed by atoms with Gasteiger partial charge in [0, 0.05) is 12.3 Å². The van der Waals surface area contributed by atoms with Crippen molar-refractivity contribution in [2.45, 2.75) is 37.5 Å². The van der Waals surface area contributed by atoms with Crippen LogP contribution in [0.3, 0.4) is 0 Å². The topological polar surface area (TPSA) is 140 Å². The second-order valence-electron chi connectivity index (χ2n) is 8.26. The van der Waals surface area contributed by atoms with Gasteiger partial charge in [0.25, 0.3) is 5.91 Å². The Labute approximate surface area is 208 Å². The SMILES string of the molecule is CCON(c1cc(Nc2ccc(C3CC3)cc2S(=O)(=O)NC)c(C(N)=O)cn1)c1ccc(F)c(C)n1. The summed E-state index contributed by atoms with van der Waals surface area (Å²) in [5, 5.41) is 4.33. The molecule has 0 aliphatic heterocycles. The average Bonchev–Trinajstić information content (AvgIpc) is 3.70. The molecule has 1 aliphatic rings. The van der Waals surface area contributed by atoms with E-state index in [9.17, 15) is 17.6 Å². The molecule has 0 unspecified atom stereocenters.